The smallest absolute Gasteiger partial charge is 0.345 e. The molecule has 0 radical (unpaired) electrons. The predicted octanol–water partition coefficient (Wildman–Crippen LogP) is 2.41. The second-order valence-corrected chi connectivity index (χ2v) is 9.11. The number of carbonyl (C=O) groups is 2. The molecule has 1 fully saturated rings. The van der Waals surface area contributed by atoms with Gasteiger partial charge in [-0.3, -0.25) is 14.5 Å². The number of aromatic carboxylic acids is 1. The third kappa shape index (κ3) is 4.07. The van der Waals surface area contributed by atoms with Gasteiger partial charge in [0.05, 0.1) is 11.6 Å². The summed E-state index contributed by atoms with van der Waals surface area (Å²) in [5, 5.41) is 20.7. The first kappa shape index (κ1) is 23.6. The molecule has 0 saturated carbocycles. The van der Waals surface area contributed by atoms with Gasteiger partial charge in [0.2, 0.25) is 5.91 Å². The van der Waals surface area contributed by atoms with Crippen molar-refractivity contribution < 1.29 is 19.8 Å². The maximum atomic E-state index is 12.3. The number of nitrogens with one attached hydrogen (secondary N) is 1. The van der Waals surface area contributed by atoms with Crippen molar-refractivity contribution in [3.05, 3.63) is 51.4 Å². The van der Waals surface area contributed by atoms with Crippen LogP contribution in [0.15, 0.2) is 29.1 Å². The molecule has 1 amide bonds. The Kier molecular flexibility index (Phi) is 6.22. The van der Waals surface area contributed by atoms with Crippen molar-refractivity contribution in [2.75, 3.05) is 27.2 Å². The van der Waals surface area contributed by atoms with Gasteiger partial charge in [-0.05, 0) is 43.1 Å². The lowest BCUT2D eigenvalue weighted by molar-refractivity contribution is -0.132. The van der Waals surface area contributed by atoms with E-state index in [0.717, 1.165) is 42.7 Å². The van der Waals surface area contributed by atoms with E-state index in [2.05, 4.69) is 20.5 Å². The van der Waals surface area contributed by atoms with E-state index in [0.29, 0.717) is 23.2 Å². The van der Waals surface area contributed by atoms with Gasteiger partial charge < -0.3 is 24.7 Å². The van der Waals surface area contributed by atoms with Crippen molar-refractivity contribution in [1.82, 2.24) is 19.4 Å². The van der Waals surface area contributed by atoms with E-state index in [-0.39, 0.29) is 11.8 Å². The number of rotatable bonds is 6. The molecule has 9 nitrogen and oxygen atoms in total. The van der Waals surface area contributed by atoms with E-state index in [9.17, 15) is 24.6 Å². The van der Waals surface area contributed by atoms with Crippen LogP contribution in [0.4, 0.5) is 0 Å². The second kappa shape index (κ2) is 8.98. The number of hydrogen-bond acceptors (Lipinski definition) is 5. The molecule has 1 atom stereocenters. The fourth-order valence-corrected chi connectivity index (χ4v) is 4.90. The molecule has 1 aliphatic heterocycles. The van der Waals surface area contributed by atoms with E-state index in [1.54, 1.807) is 25.9 Å². The van der Waals surface area contributed by atoms with E-state index < -0.39 is 22.8 Å². The number of aromatic hydroxyl groups is 1. The summed E-state index contributed by atoms with van der Waals surface area (Å²) >= 11 is 0. The quantitative estimate of drug-likeness (QED) is 0.513. The number of hydrogen-bond donors (Lipinski definition) is 3. The maximum Gasteiger partial charge on any atom is 0.345 e. The molecule has 0 spiro atoms. The van der Waals surface area contributed by atoms with Crippen LogP contribution >= 0.6 is 0 Å². The predicted molar refractivity (Wildman–Crippen MR) is 129 cm³/mol. The summed E-state index contributed by atoms with van der Waals surface area (Å²) in [7, 11) is 5.58. The van der Waals surface area contributed by atoms with Gasteiger partial charge in [0.25, 0.3) is 5.56 Å². The second-order valence-electron chi connectivity index (χ2n) is 9.11. The number of carbonyl (C=O) groups excluding carboxylic acids is 1. The molecule has 2 aromatic heterocycles. The number of carboxylic acid groups (broad SMARTS) is 1. The van der Waals surface area contributed by atoms with Gasteiger partial charge >= 0.3 is 5.97 Å². The normalized spacial score (nSPS) is 16.3. The highest BCUT2D eigenvalue weighted by molar-refractivity contribution is 5.92. The van der Waals surface area contributed by atoms with Crippen molar-refractivity contribution in [2.24, 2.45) is 13.0 Å². The fraction of sp³-hybridized carbons (Fsp3) is 0.400. The highest BCUT2D eigenvalue weighted by Gasteiger charge is 2.29. The van der Waals surface area contributed by atoms with Crippen LogP contribution in [0.5, 0.6) is 5.75 Å². The lowest BCUT2D eigenvalue weighted by Gasteiger charge is -2.18. The fourth-order valence-electron chi connectivity index (χ4n) is 4.90. The van der Waals surface area contributed by atoms with Gasteiger partial charge in [-0.1, -0.05) is 13.0 Å². The number of fused-ring (bicyclic) bond motifs is 1. The monoisotopic (exact) mass is 466 g/mol. The minimum atomic E-state index is -1.46. The van der Waals surface area contributed by atoms with Gasteiger partial charge in [-0.2, -0.15) is 0 Å². The van der Waals surface area contributed by atoms with Crippen LogP contribution in [-0.4, -0.2) is 68.6 Å². The highest BCUT2D eigenvalue weighted by atomic mass is 16.4. The molecule has 1 aliphatic rings. The third-order valence-electron chi connectivity index (χ3n) is 6.74. The number of benzene rings is 1. The van der Waals surface area contributed by atoms with Crippen molar-refractivity contribution in [2.45, 2.75) is 26.3 Å². The summed E-state index contributed by atoms with van der Waals surface area (Å²) in [5.41, 5.74) is 2.17. The number of aryl methyl sites for hydroxylation is 1. The van der Waals surface area contributed by atoms with Crippen molar-refractivity contribution >= 4 is 22.8 Å². The van der Waals surface area contributed by atoms with E-state index in [4.69, 9.17) is 0 Å². The standard InChI is InChI=1S/C25H30N4O5/c1-5-18-21(26-23(31)20(22(18)30)25(33)34)14-6-7-19-16(10-14)11-17(28(19)4)13-29-9-8-15(12-29)24(32)27(2)3/h6-7,10-11,15H,5,8-9,12-13H2,1-4H3,(H,33,34)(H2,26,30,31). The van der Waals surface area contributed by atoms with Crippen molar-refractivity contribution in [3.63, 3.8) is 0 Å². The Labute approximate surface area is 197 Å². The first-order valence-corrected chi connectivity index (χ1v) is 11.4. The lowest BCUT2D eigenvalue weighted by Crippen LogP contribution is -2.31. The Bertz CT molecular complexity index is 1340. The lowest BCUT2D eigenvalue weighted by atomic mass is 9.99. The number of amides is 1. The van der Waals surface area contributed by atoms with Crippen molar-refractivity contribution in [1.29, 1.82) is 0 Å². The summed E-state index contributed by atoms with van der Waals surface area (Å²) in [6, 6.07) is 7.84. The van der Waals surface area contributed by atoms with Gasteiger partial charge in [0.1, 0.15) is 5.75 Å². The zero-order valence-corrected chi connectivity index (χ0v) is 19.9. The molecule has 34 heavy (non-hydrogen) atoms. The summed E-state index contributed by atoms with van der Waals surface area (Å²) in [5.74, 6) is -1.75. The van der Waals surface area contributed by atoms with Crippen LogP contribution in [-0.2, 0) is 24.8 Å². The molecule has 180 valence electrons. The van der Waals surface area contributed by atoms with Crippen LogP contribution in [0.1, 0.15) is 35.0 Å². The maximum absolute atomic E-state index is 12.3. The molecule has 0 bridgehead atoms. The Morgan fingerprint density at radius 3 is 2.62 bits per heavy atom. The Balaban J connectivity index is 1.66. The van der Waals surface area contributed by atoms with Gasteiger partial charge in [0, 0.05) is 56.4 Å². The highest BCUT2D eigenvalue weighted by Crippen LogP contribution is 2.32. The molecule has 1 aromatic carbocycles. The van der Waals surface area contributed by atoms with E-state index in [1.807, 2.05) is 25.2 Å². The Morgan fingerprint density at radius 2 is 1.97 bits per heavy atom. The SMILES string of the molecule is CCc1c(-c2ccc3c(c2)cc(CN2CCC(C(=O)N(C)C)C2)n3C)[nH]c(=O)c(C(=O)O)c1O. The Morgan fingerprint density at radius 1 is 1.24 bits per heavy atom. The molecular formula is C25H30N4O5. The summed E-state index contributed by atoms with van der Waals surface area (Å²) in [6.07, 6.45) is 1.21. The van der Waals surface area contributed by atoms with Crippen LogP contribution in [0.2, 0.25) is 0 Å². The number of aromatic nitrogens is 2. The van der Waals surface area contributed by atoms with Crippen LogP contribution < -0.4 is 5.56 Å². The third-order valence-corrected chi connectivity index (χ3v) is 6.74. The molecule has 1 saturated heterocycles. The summed E-state index contributed by atoms with van der Waals surface area (Å²) in [6.45, 7) is 4.13. The average Bonchev–Trinajstić information content (AvgIpc) is 3.37. The molecule has 3 N–H and O–H groups in total. The van der Waals surface area contributed by atoms with Gasteiger partial charge in [-0.15, -0.1) is 0 Å². The topological polar surface area (TPSA) is 119 Å². The molecule has 1 unspecified atom stereocenters. The van der Waals surface area contributed by atoms with Gasteiger partial charge in [0.15, 0.2) is 5.56 Å². The number of pyridine rings is 1. The molecular weight excluding hydrogens is 436 g/mol. The van der Waals surface area contributed by atoms with E-state index in [1.165, 1.54) is 0 Å². The van der Waals surface area contributed by atoms with E-state index >= 15 is 0 Å². The number of aromatic amines is 1. The number of nitrogens with zero attached hydrogens (tertiary/aromatic N) is 3. The first-order valence-electron chi connectivity index (χ1n) is 11.4. The molecule has 3 aromatic rings. The number of likely N-dealkylation sites (tertiary alicyclic amines) is 1. The van der Waals surface area contributed by atoms with Crippen LogP contribution in [0, 0.1) is 5.92 Å². The molecule has 9 heteroatoms. The van der Waals surface area contributed by atoms with Crippen LogP contribution in [0.3, 0.4) is 0 Å². The average molecular weight is 467 g/mol. The zero-order valence-electron chi connectivity index (χ0n) is 19.9. The molecule has 4 rings (SSSR count). The molecule has 3 heterocycles. The minimum Gasteiger partial charge on any atom is -0.506 e. The largest absolute Gasteiger partial charge is 0.506 e. The summed E-state index contributed by atoms with van der Waals surface area (Å²) in [4.78, 5) is 42.6. The Hall–Kier alpha value is -3.59. The van der Waals surface area contributed by atoms with Crippen molar-refractivity contribution in [3.8, 4) is 17.0 Å². The first-order chi connectivity index (χ1) is 16.1. The molecule has 0 aliphatic carbocycles. The zero-order chi connectivity index (χ0) is 24.7. The van der Waals surface area contributed by atoms with Gasteiger partial charge in [-0.25, -0.2) is 4.79 Å². The number of H-pyrrole nitrogens is 1. The van der Waals surface area contributed by atoms with Crippen LogP contribution in [0.25, 0.3) is 22.2 Å². The summed E-state index contributed by atoms with van der Waals surface area (Å²) < 4.78 is 2.12. The minimum absolute atomic E-state index is 0.0297. The number of carboxylic acids is 1.